The van der Waals surface area contributed by atoms with Gasteiger partial charge in [0.05, 0.1) is 18.7 Å². The Morgan fingerprint density at radius 2 is 2.23 bits per heavy atom. The fraction of sp³-hybridized carbons (Fsp3) is 0.533. The van der Waals surface area contributed by atoms with Gasteiger partial charge in [0.25, 0.3) is 0 Å². The van der Waals surface area contributed by atoms with E-state index in [1.165, 1.54) is 12.8 Å². The molecule has 1 unspecified atom stereocenters. The molecule has 0 saturated heterocycles. The average molecular weight is 348 g/mol. The smallest absolute Gasteiger partial charge is 0.238 e. The van der Waals surface area contributed by atoms with E-state index in [1.54, 1.807) is 25.3 Å². The number of ether oxygens (including phenoxy) is 1. The highest BCUT2D eigenvalue weighted by atomic mass is 35.5. The zero-order valence-electron chi connectivity index (χ0n) is 12.8. The highest BCUT2D eigenvalue weighted by Crippen LogP contribution is 2.34. The molecular formula is C15H23Cl2N3O2. The Morgan fingerprint density at radius 3 is 2.73 bits per heavy atom. The number of hydrogen-bond acceptors (Lipinski definition) is 4. The molecule has 22 heavy (non-hydrogen) atoms. The van der Waals surface area contributed by atoms with Gasteiger partial charge >= 0.3 is 0 Å². The Balaban J connectivity index is 0.00000242. The molecular weight excluding hydrogens is 325 g/mol. The summed E-state index contributed by atoms with van der Waals surface area (Å²) in [4.78, 5) is 14.1. The van der Waals surface area contributed by atoms with Crippen molar-refractivity contribution in [2.24, 2.45) is 11.7 Å². The zero-order valence-corrected chi connectivity index (χ0v) is 14.4. The lowest BCUT2D eigenvalue weighted by atomic mass is 10.1. The first-order valence-corrected chi connectivity index (χ1v) is 7.46. The third-order valence-corrected chi connectivity index (χ3v) is 4.10. The lowest BCUT2D eigenvalue weighted by Crippen LogP contribution is -2.43. The lowest BCUT2D eigenvalue weighted by molar-refractivity contribution is -0.117. The molecule has 0 bridgehead atoms. The molecule has 0 radical (unpaired) electrons. The number of anilines is 1. The van der Waals surface area contributed by atoms with E-state index in [0.717, 1.165) is 0 Å². The van der Waals surface area contributed by atoms with Crippen LogP contribution in [0.4, 0.5) is 5.69 Å². The van der Waals surface area contributed by atoms with Crippen molar-refractivity contribution >= 4 is 35.6 Å². The number of carbonyl (C=O) groups is 1. The molecule has 1 amide bonds. The molecule has 0 heterocycles. The quantitative estimate of drug-likeness (QED) is 0.794. The van der Waals surface area contributed by atoms with Gasteiger partial charge in [-0.25, -0.2) is 0 Å². The normalized spacial score (nSPS) is 15.1. The number of likely N-dealkylation sites (N-methyl/N-ethyl adjacent to an activating group) is 1. The molecule has 1 saturated carbocycles. The van der Waals surface area contributed by atoms with E-state index in [9.17, 15) is 4.79 Å². The molecule has 0 spiro atoms. The van der Waals surface area contributed by atoms with Gasteiger partial charge in [-0.3, -0.25) is 9.69 Å². The minimum absolute atomic E-state index is 0. The van der Waals surface area contributed by atoms with E-state index in [1.807, 2.05) is 11.9 Å². The van der Waals surface area contributed by atoms with Gasteiger partial charge in [-0.2, -0.15) is 0 Å². The number of carbonyl (C=O) groups excluding carboxylic acids is 1. The van der Waals surface area contributed by atoms with Crippen molar-refractivity contribution in [2.75, 3.05) is 32.6 Å². The fourth-order valence-electron chi connectivity index (χ4n) is 2.50. The van der Waals surface area contributed by atoms with Crippen molar-refractivity contribution in [1.82, 2.24) is 4.90 Å². The SMILES string of the molecule is COc1ccc(NC(=O)CN(C)C(CN)C2CC2)cc1Cl.Cl. The highest BCUT2D eigenvalue weighted by Gasteiger charge is 2.33. The van der Waals surface area contributed by atoms with Gasteiger partial charge in [0.1, 0.15) is 5.75 Å². The number of nitrogens with zero attached hydrogens (tertiary/aromatic N) is 1. The van der Waals surface area contributed by atoms with Crippen LogP contribution < -0.4 is 15.8 Å². The van der Waals surface area contributed by atoms with Crippen LogP contribution in [0.5, 0.6) is 5.75 Å². The standard InChI is InChI=1S/C15H22ClN3O2.ClH/c1-19(13(8-17)10-3-4-10)9-15(20)18-11-5-6-14(21-2)12(16)7-11;/h5-7,10,13H,3-4,8-9,17H2,1-2H3,(H,18,20);1H. The second kappa shape index (κ2) is 8.58. The first-order chi connectivity index (χ1) is 10.0. The van der Waals surface area contributed by atoms with Crippen molar-refractivity contribution in [3.63, 3.8) is 0 Å². The predicted octanol–water partition coefficient (Wildman–Crippen LogP) is 2.38. The van der Waals surface area contributed by atoms with Gasteiger partial charge in [-0.15, -0.1) is 12.4 Å². The summed E-state index contributed by atoms with van der Waals surface area (Å²) >= 11 is 6.04. The molecule has 1 aliphatic carbocycles. The van der Waals surface area contributed by atoms with Crippen molar-refractivity contribution in [2.45, 2.75) is 18.9 Å². The second-order valence-electron chi connectivity index (χ2n) is 5.45. The van der Waals surface area contributed by atoms with Crippen LogP contribution in [0, 0.1) is 5.92 Å². The number of hydrogen-bond donors (Lipinski definition) is 2. The summed E-state index contributed by atoms with van der Waals surface area (Å²) in [7, 11) is 3.50. The minimum atomic E-state index is -0.0715. The van der Waals surface area contributed by atoms with Crippen LogP contribution in [0.2, 0.25) is 5.02 Å². The Kier molecular flexibility index (Phi) is 7.42. The van der Waals surface area contributed by atoms with E-state index in [2.05, 4.69) is 5.32 Å². The summed E-state index contributed by atoms with van der Waals surface area (Å²) in [5, 5.41) is 3.32. The summed E-state index contributed by atoms with van der Waals surface area (Å²) < 4.78 is 5.08. The lowest BCUT2D eigenvalue weighted by Gasteiger charge is -2.26. The summed E-state index contributed by atoms with van der Waals surface area (Å²) in [6, 6.07) is 5.47. The molecule has 124 valence electrons. The molecule has 1 aliphatic rings. The monoisotopic (exact) mass is 347 g/mol. The van der Waals surface area contributed by atoms with Gasteiger partial charge in [-0.1, -0.05) is 11.6 Å². The van der Waals surface area contributed by atoms with Crippen molar-refractivity contribution < 1.29 is 9.53 Å². The van der Waals surface area contributed by atoms with Gasteiger partial charge in [0.15, 0.2) is 0 Å². The Labute approximate surface area is 142 Å². The topological polar surface area (TPSA) is 67.6 Å². The summed E-state index contributed by atoms with van der Waals surface area (Å²) in [5.74, 6) is 1.16. The van der Waals surface area contributed by atoms with Crippen molar-refractivity contribution in [3.05, 3.63) is 23.2 Å². The molecule has 1 atom stereocenters. The van der Waals surface area contributed by atoms with Crippen LogP contribution in [0.3, 0.4) is 0 Å². The Bertz CT molecular complexity index is 510. The maximum atomic E-state index is 12.1. The molecule has 2 rings (SSSR count). The third kappa shape index (κ3) is 5.02. The molecule has 1 aromatic carbocycles. The number of nitrogens with two attached hydrogens (primary N) is 1. The van der Waals surface area contributed by atoms with Crippen molar-refractivity contribution in [1.29, 1.82) is 0 Å². The van der Waals surface area contributed by atoms with Gasteiger partial charge in [-0.05, 0) is 44.0 Å². The van der Waals surface area contributed by atoms with Crippen molar-refractivity contribution in [3.8, 4) is 5.75 Å². The molecule has 7 heteroatoms. The summed E-state index contributed by atoms with van der Waals surface area (Å²) in [6.07, 6.45) is 2.42. The average Bonchev–Trinajstić information content (AvgIpc) is 3.24. The van der Waals surface area contributed by atoms with Crippen LogP contribution in [-0.4, -0.2) is 44.1 Å². The molecule has 0 aromatic heterocycles. The maximum Gasteiger partial charge on any atom is 0.238 e. The van der Waals surface area contributed by atoms with Crippen LogP contribution in [0.25, 0.3) is 0 Å². The minimum Gasteiger partial charge on any atom is -0.495 e. The Hall–Kier alpha value is -1.01. The number of methoxy groups -OCH3 is 1. The summed E-state index contributed by atoms with van der Waals surface area (Å²) in [5.41, 5.74) is 6.45. The van der Waals surface area contributed by atoms with E-state index >= 15 is 0 Å². The van der Waals surface area contributed by atoms with E-state index in [4.69, 9.17) is 22.1 Å². The first kappa shape index (κ1) is 19.0. The van der Waals surface area contributed by atoms with Crippen LogP contribution in [0.15, 0.2) is 18.2 Å². The van der Waals surface area contributed by atoms with Gasteiger partial charge in [0, 0.05) is 18.3 Å². The van der Waals surface area contributed by atoms with Crippen LogP contribution in [-0.2, 0) is 4.79 Å². The largest absolute Gasteiger partial charge is 0.495 e. The summed E-state index contributed by atoms with van der Waals surface area (Å²) in [6.45, 7) is 0.908. The number of rotatable bonds is 7. The van der Waals surface area contributed by atoms with Gasteiger partial charge in [0.2, 0.25) is 5.91 Å². The first-order valence-electron chi connectivity index (χ1n) is 7.09. The van der Waals surface area contributed by atoms with E-state index < -0.39 is 0 Å². The number of amides is 1. The van der Waals surface area contributed by atoms with Gasteiger partial charge < -0.3 is 15.8 Å². The number of nitrogens with one attached hydrogen (secondary N) is 1. The van der Waals surface area contributed by atoms with Crippen LogP contribution >= 0.6 is 24.0 Å². The number of benzene rings is 1. The Morgan fingerprint density at radius 1 is 1.55 bits per heavy atom. The second-order valence-corrected chi connectivity index (χ2v) is 5.86. The molecule has 0 aliphatic heterocycles. The number of halogens is 2. The van der Waals surface area contributed by atoms with E-state index in [-0.39, 0.29) is 24.4 Å². The third-order valence-electron chi connectivity index (χ3n) is 3.80. The highest BCUT2D eigenvalue weighted by molar-refractivity contribution is 6.32. The zero-order chi connectivity index (χ0) is 15.4. The van der Waals surface area contributed by atoms with E-state index in [0.29, 0.717) is 35.5 Å². The molecule has 1 fully saturated rings. The fourth-order valence-corrected chi connectivity index (χ4v) is 2.76. The molecule has 3 N–H and O–H groups in total. The predicted molar refractivity (Wildman–Crippen MR) is 92.1 cm³/mol. The van der Waals surface area contributed by atoms with Crippen LogP contribution in [0.1, 0.15) is 12.8 Å². The molecule has 1 aromatic rings. The molecule has 5 nitrogen and oxygen atoms in total. The maximum absolute atomic E-state index is 12.1.